The summed E-state index contributed by atoms with van der Waals surface area (Å²) in [7, 11) is 0. The van der Waals surface area contributed by atoms with Gasteiger partial charge in [-0.15, -0.1) is 0 Å². The predicted octanol–water partition coefficient (Wildman–Crippen LogP) is 5.80. The highest BCUT2D eigenvalue weighted by Gasteiger charge is 2.31. The van der Waals surface area contributed by atoms with E-state index in [0.29, 0.717) is 35.3 Å². The van der Waals surface area contributed by atoms with E-state index < -0.39 is 11.9 Å². The Morgan fingerprint density at radius 1 is 1.03 bits per heavy atom. The lowest BCUT2D eigenvalue weighted by molar-refractivity contribution is -0.136. The molecule has 3 aromatic rings. The molecule has 0 amide bonds. The summed E-state index contributed by atoms with van der Waals surface area (Å²) < 4.78 is 22.6. The fraction of sp³-hybridized carbons (Fsp3) is 0.267. The Labute approximate surface area is 217 Å². The van der Waals surface area contributed by atoms with E-state index in [0.717, 1.165) is 17.5 Å². The van der Waals surface area contributed by atoms with Crippen molar-refractivity contribution in [3.63, 3.8) is 0 Å². The standard InChI is InChI=1S/C30H30N2O5/c1-4-14-34-23-7-5-6-21(15-23)29-25-13-12-24(16-27(25)37-30(32)26(29)17-31)36-28(33)18-35-22-10-8-20(9-11-22)19(2)3/h5-13,15-16,19,29H,4,14,18,32H2,1-3H3. The largest absolute Gasteiger partial charge is 0.494 e. The lowest BCUT2D eigenvalue weighted by Gasteiger charge is -2.27. The van der Waals surface area contributed by atoms with Crippen LogP contribution in [0.15, 0.2) is 78.2 Å². The molecule has 7 heteroatoms. The van der Waals surface area contributed by atoms with Crippen molar-refractivity contribution in [2.45, 2.75) is 39.0 Å². The van der Waals surface area contributed by atoms with Crippen molar-refractivity contribution in [2.75, 3.05) is 13.2 Å². The molecule has 1 heterocycles. The first-order chi connectivity index (χ1) is 17.9. The zero-order valence-corrected chi connectivity index (χ0v) is 21.2. The smallest absolute Gasteiger partial charge is 0.349 e. The molecule has 0 radical (unpaired) electrons. The van der Waals surface area contributed by atoms with Gasteiger partial charge in [0.25, 0.3) is 0 Å². The molecule has 0 fully saturated rings. The summed E-state index contributed by atoms with van der Waals surface area (Å²) in [6.45, 7) is 6.62. The van der Waals surface area contributed by atoms with Crippen LogP contribution in [0.25, 0.3) is 0 Å². The molecule has 0 bridgehead atoms. The van der Waals surface area contributed by atoms with Crippen LogP contribution in [0.5, 0.6) is 23.0 Å². The van der Waals surface area contributed by atoms with Gasteiger partial charge in [-0.05, 0) is 53.8 Å². The third kappa shape index (κ3) is 6.04. The molecular formula is C30H30N2O5. The van der Waals surface area contributed by atoms with Crippen molar-refractivity contribution in [1.82, 2.24) is 0 Å². The number of carbonyl (C=O) groups excluding carboxylic acids is 1. The number of fused-ring (bicyclic) bond motifs is 1. The second kappa shape index (κ2) is 11.5. The first kappa shape index (κ1) is 25.6. The van der Waals surface area contributed by atoms with E-state index >= 15 is 0 Å². The maximum absolute atomic E-state index is 12.4. The average molecular weight is 499 g/mol. The van der Waals surface area contributed by atoms with Gasteiger partial charge < -0.3 is 24.7 Å². The number of hydrogen-bond donors (Lipinski definition) is 1. The van der Waals surface area contributed by atoms with Gasteiger partial charge in [0.15, 0.2) is 6.61 Å². The van der Waals surface area contributed by atoms with Crippen molar-refractivity contribution in [3.8, 4) is 29.1 Å². The molecule has 0 spiro atoms. The van der Waals surface area contributed by atoms with E-state index in [1.807, 2.05) is 55.5 Å². The molecule has 0 aliphatic carbocycles. The topological polar surface area (TPSA) is 104 Å². The summed E-state index contributed by atoms with van der Waals surface area (Å²) in [5, 5.41) is 9.82. The van der Waals surface area contributed by atoms with Crippen molar-refractivity contribution in [3.05, 3.63) is 94.9 Å². The molecule has 3 aromatic carbocycles. The number of nitrogens with zero attached hydrogens (tertiary/aromatic N) is 1. The fourth-order valence-electron chi connectivity index (χ4n) is 4.10. The quantitative estimate of drug-likeness (QED) is 0.294. The van der Waals surface area contributed by atoms with Crippen LogP contribution < -0.4 is 24.7 Å². The lowest BCUT2D eigenvalue weighted by Crippen LogP contribution is -2.21. The van der Waals surface area contributed by atoms with Gasteiger partial charge in [-0.2, -0.15) is 5.26 Å². The Balaban J connectivity index is 1.50. The fourth-order valence-corrected chi connectivity index (χ4v) is 4.10. The third-order valence-corrected chi connectivity index (χ3v) is 5.99. The molecule has 1 aliphatic heterocycles. The van der Waals surface area contributed by atoms with E-state index in [-0.39, 0.29) is 18.2 Å². The Bertz CT molecular complexity index is 1340. The SMILES string of the molecule is CCCOc1cccc(C2C(C#N)=C(N)Oc3cc(OC(=O)COc4ccc(C(C)C)cc4)ccc32)c1. The minimum absolute atomic E-state index is 0.0107. The van der Waals surface area contributed by atoms with Crippen LogP contribution in [-0.2, 0) is 4.79 Å². The van der Waals surface area contributed by atoms with E-state index in [1.54, 1.807) is 18.2 Å². The normalized spacial score (nSPS) is 14.4. The number of rotatable bonds is 9. The molecule has 7 nitrogen and oxygen atoms in total. The average Bonchev–Trinajstić information content (AvgIpc) is 2.90. The highest BCUT2D eigenvalue weighted by molar-refractivity contribution is 5.74. The van der Waals surface area contributed by atoms with Gasteiger partial charge >= 0.3 is 5.97 Å². The van der Waals surface area contributed by atoms with Crippen LogP contribution >= 0.6 is 0 Å². The first-order valence-electron chi connectivity index (χ1n) is 12.3. The first-order valence-corrected chi connectivity index (χ1v) is 12.3. The predicted molar refractivity (Wildman–Crippen MR) is 140 cm³/mol. The third-order valence-electron chi connectivity index (χ3n) is 5.99. The van der Waals surface area contributed by atoms with Crippen LogP contribution in [0.1, 0.15) is 55.7 Å². The Morgan fingerprint density at radius 3 is 2.49 bits per heavy atom. The number of esters is 1. The van der Waals surface area contributed by atoms with E-state index in [4.69, 9.17) is 24.7 Å². The molecular weight excluding hydrogens is 468 g/mol. The molecule has 1 atom stereocenters. The molecule has 0 aromatic heterocycles. The monoisotopic (exact) mass is 498 g/mol. The minimum atomic E-state index is -0.553. The zero-order valence-electron chi connectivity index (χ0n) is 21.2. The van der Waals surface area contributed by atoms with Crippen LogP contribution in [0.3, 0.4) is 0 Å². The Hall–Kier alpha value is -4.44. The van der Waals surface area contributed by atoms with E-state index in [2.05, 4.69) is 19.9 Å². The molecule has 1 aliphatic rings. The number of hydrogen-bond acceptors (Lipinski definition) is 7. The van der Waals surface area contributed by atoms with Crippen molar-refractivity contribution < 1.29 is 23.7 Å². The van der Waals surface area contributed by atoms with Crippen molar-refractivity contribution in [1.29, 1.82) is 5.26 Å². The summed E-state index contributed by atoms with van der Waals surface area (Å²) in [5.74, 6) is 1.43. The summed E-state index contributed by atoms with van der Waals surface area (Å²) in [6, 6.07) is 22.4. The van der Waals surface area contributed by atoms with Gasteiger partial charge in [0.05, 0.1) is 12.5 Å². The number of carbonyl (C=O) groups is 1. The van der Waals surface area contributed by atoms with Gasteiger partial charge in [0.1, 0.15) is 34.6 Å². The number of ether oxygens (including phenoxy) is 4. The number of nitriles is 1. The van der Waals surface area contributed by atoms with E-state index in [1.165, 1.54) is 5.56 Å². The van der Waals surface area contributed by atoms with Crippen LogP contribution in [0, 0.1) is 11.3 Å². The second-order valence-corrected chi connectivity index (χ2v) is 9.03. The summed E-state index contributed by atoms with van der Waals surface area (Å²) in [5.41, 5.74) is 9.20. The molecule has 1 unspecified atom stereocenters. The number of nitrogens with two attached hydrogens (primary N) is 1. The minimum Gasteiger partial charge on any atom is -0.494 e. The second-order valence-electron chi connectivity index (χ2n) is 9.03. The van der Waals surface area contributed by atoms with Gasteiger partial charge in [-0.25, -0.2) is 4.79 Å². The molecule has 0 saturated heterocycles. The van der Waals surface area contributed by atoms with Gasteiger partial charge in [0.2, 0.25) is 5.88 Å². The molecule has 37 heavy (non-hydrogen) atoms. The van der Waals surface area contributed by atoms with Crippen molar-refractivity contribution >= 4 is 5.97 Å². The highest BCUT2D eigenvalue weighted by atomic mass is 16.6. The summed E-state index contributed by atoms with van der Waals surface area (Å²) in [4.78, 5) is 12.4. The number of allylic oxidation sites excluding steroid dienone is 1. The Morgan fingerprint density at radius 2 is 1.78 bits per heavy atom. The summed E-state index contributed by atoms with van der Waals surface area (Å²) >= 11 is 0. The molecule has 4 rings (SSSR count). The van der Waals surface area contributed by atoms with Gasteiger partial charge in [0, 0.05) is 11.6 Å². The summed E-state index contributed by atoms with van der Waals surface area (Å²) in [6.07, 6.45) is 0.886. The van der Waals surface area contributed by atoms with Crippen LogP contribution in [-0.4, -0.2) is 19.2 Å². The lowest BCUT2D eigenvalue weighted by atomic mass is 9.83. The van der Waals surface area contributed by atoms with Crippen molar-refractivity contribution in [2.24, 2.45) is 5.73 Å². The molecule has 2 N–H and O–H groups in total. The Kier molecular flexibility index (Phi) is 7.99. The van der Waals surface area contributed by atoms with Gasteiger partial charge in [-0.1, -0.05) is 51.1 Å². The van der Waals surface area contributed by atoms with Crippen LogP contribution in [0.2, 0.25) is 0 Å². The van der Waals surface area contributed by atoms with Gasteiger partial charge in [-0.3, -0.25) is 0 Å². The molecule has 190 valence electrons. The number of benzene rings is 3. The maximum Gasteiger partial charge on any atom is 0.349 e. The van der Waals surface area contributed by atoms with Crippen LogP contribution in [0.4, 0.5) is 0 Å². The van der Waals surface area contributed by atoms with E-state index in [9.17, 15) is 10.1 Å². The molecule has 0 saturated carbocycles. The zero-order chi connectivity index (χ0) is 26.4. The highest BCUT2D eigenvalue weighted by Crippen LogP contribution is 2.44. The maximum atomic E-state index is 12.4.